The third kappa shape index (κ3) is 4.35. The van der Waals surface area contributed by atoms with Crippen molar-refractivity contribution >= 4 is 79.4 Å². The molecule has 6 heteroatoms. The number of rotatable bonds is 3. The molecule has 86 valence electrons. The first-order chi connectivity index (χ1) is 7.54. The van der Waals surface area contributed by atoms with Gasteiger partial charge in [-0.1, -0.05) is 0 Å². The standard InChI is InChI=1S/C10H8I3NO2/c1-16-7-4-2-6(3-5-7)14-10(15)8(11)9(12)13/h2-5H,1H3,(H,14,15). The number of halogens is 3. The van der Waals surface area contributed by atoms with Crippen molar-refractivity contribution in [2.75, 3.05) is 12.4 Å². The van der Waals surface area contributed by atoms with Crippen molar-refractivity contribution in [3.63, 3.8) is 0 Å². The van der Waals surface area contributed by atoms with Gasteiger partial charge < -0.3 is 10.1 Å². The Morgan fingerprint density at radius 1 is 1.19 bits per heavy atom. The number of nitrogens with one attached hydrogen (secondary N) is 1. The third-order valence-electron chi connectivity index (χ3n) is 1.71. The van der Waals surface area contributed by atoms with Gasteiger partial charge in [-0.05, 0) is 92.0 Å². The maximum absolute atomic E-state index is 11.7. The van der Waals surface area contributed by atoms with E-state index in [2.05, 4.69) is 50.5 Å². The highest BCUT2D eigenvalue weighted by Gasteiger charge is 2.09. The number of methoxy groups -OCH3 is 1. The lowest BCUT2D eigenvalue weighted by Crippen LogP contribution is -2.11. The first-order valence-electron chi connectivity index (χ1n) is 4.20. The summed E-state index contributed by atoms with van der Waals surface area (Å²) in [6, 6.07) is 7.23. The van der Waals surface area contributed by atoms with Gasteiger partial charge in [-0.15, -0.1) is 0 Å². The molecule has 1 amide bonds. The number of carbonyl (C=O) groups excluding carboxylic acids is 1. The van der Waals surface area contributed by atoms with Crippen molar-refractivity contribution < 1.29 is 9.53 Å². The number of amides is 1. The Kier molecular flexibility index (Phi) is 6.32. The van der Waals surface area contributed by atoms with E-state index in [1.165, 1.54) is 0 Å². The van der Waals surface area contributed by atoms with Gasteiger partial charge in [0, 0.05) is 5.69 Å². The van der Waals surface area contributed by atoms with E-state index in [9.17, 15) is 4.79 Å². The highest BCUT2D eigenvalue weighted by Crippen LogP contribution is 2.26. The second-order valence-electron chi connectivity index (χ2n) is 2.76. The summed E-state index contributed by atoms with van der Waals surface area (Å²) in [5, 5.41) is 2.80. The number of benzene rings is 1. The van der Waals surface area contributed by atoms with Gasteiger partial charge in [0.05, 0.1) is 12.3 Å². The lowest BCUT2D eigenvalue weighted by Gasteiger charge is -2.05. The summed E-state index contributed by atoms with van der Waals surface area (Å²) in [5.41, 5.74) is 0.758. The first-order valence-corrected chi connectivity index (χ1v) is 7.44. The topological polar surface area (TPSA) is 38.3 Å². The summed E-state index contributed by atoms with van der Waals surface area (Å²) in [7, 11) is 1.61. The van der Waals surface area contributed by atoms with Crippen LogP contribution in [0.3, 0.4) is 0 Å². The lowest BCUT2D eigenvalue weighted by molar-refractivity contribution is -0.112. The number of hydrogen-bond acceptors (Lipinski definition) is 2. The van der Waals surface area contributed by atoms with Gasteiger partial charge in [0.2, 0.25) is 0 Å². The molecule has 0 spiro atoms. The van der Waals surface area contributed by atoms with E-state index in [1.54, 1.807) is 31.4 Å². The maximum Gasteiger partial charge on any atom is 0.263 e. The molecule has 0 bridgehead atoms. The van der Waals surface area contributed by atoms with E-state index >= 15 is 0 Å². The molecule has 0 atom stereocenters. The molecule has 0 saturated heterocycles. The molecule has 0 unspecified atom stereocenters. The van der Waals surface area contributed by atoms with Crippen LogP contribution in [0.2, 0.25) is 0 Å². The fourth-order valence-electron chi connectivity index (χ4n) is 0.946. The van der Waals surface area contributed by atoms with E-state index in [0.717, 1.165) is 13.0 Å². The van der Waals surface area contributed by atoms with E-state index in [4.69, 9.17) is 4.74 Å². The molecule has 0 radical (unpaired) electrons. The van der Waals surface area contributed by atoms with Crippen LogP contribution >= 0.6 is 67.8 Å². The van der Waals surface area contributed by atoms with E-state index in [0.29, 0.717) is 3.58 Å². The van der Waals surface area contributed by atoms with Gasteiger partial charge in [0.15, 0.2) is 0 Å². The second-order valence-corrected chi connectivity index (χ2v) is 8.06. The molecule has 0 aliphatic carbocycles. The van der Waals surface area contributed by atoms with E-state index in [1.807, 2.05) is 22.6 Å². The van der Waals surface area contributed by atoms with Crippen molar-refractivity contribution in [1.29, 1.82) is 0 Å². The molecule has 1 N–H and O–H groups in total. The van der Waals surface area contributed by atoms with Crippen molar-refractivity contribution in [1.82, 2.24) is 0 Å². The Hall–Kier alpha value is 0.420. The Balaban J connectivity index is 2.74. The fraction of sp³-hybridized carbons (Fsp3) is 0.100. The average molecular weight is 555 g/mol. The molecule has 0 aliphatic heterocycles. The van der Waals surface area contributed by atoms with Crippen LogP contribution in [-0.4, -0.2) is 13.0 Å². The smallest absolute Gasteiger partial charge is 0.263 e. The minimum atomic E-state index is -0.0930. The highest BCUT2D eigenvalue weighted by molar-refractivity contribution is 14.2. The number of hydrogen-bond donors (Lipinski definition) is 1. The van der Waals surface area contributed by atoms with Crippen LogP contribution in [0.1, 0.15) is 0 Å². The molecule has 0 aliphatic rings. The maximum atomic E-state index is 11.7. The minimum absolute atomic E-state index is 0.0930. The molecule has 0 fully saturated rings. The molecule has 1 aromatic rings. The monoisotopic (exact) mass is 555 g/mol. The summed E-state index contributed by atoms with van der Waals surface area (Å²) in [6.45, 7) is 0. The second kappa shape index (κ2) is 6.99. The molecule has 0 saturated carbocycles. The van der Waals surface area contributed by atoms with E-state index < -0.39 is 0 Å². The molecule has 0 heterocycles. The van der Waals surface area contributed by atoms with Crippen LogP contribution in [0.25, 0.3) is 0 Å². The number of carbonyl (C=O) groups is 1. The molecule has 1 aromatic carbocycles. The average Bonchev–Trinajstić information content (AvgIpc) is 2.28. The highest BCUT2D eigenvalue weighted by atomic mass is 127. The normalized spacial score (nSPS) is 9.50. The summed E-state index contributed by atoms with van der Waals surface area (Å²) in [6.07, 6.45) is 0. The molecular formula is C10H8I3NO2. The zero-order valence-electron chi connectivity index (χ0n) is 8.26. The van der Waals surface area contributed by atoms with Crippen molar-refractivity contribution in [3.05, 3.63) is 29.4 Å². The largest absolute Gasteiger partial charge is 0.497 e. The number of ether oxygens (including phenoxy) is 1. The first kappa shape index (κ1) is 14.5. The Bertz CT molecular complexity index is 411. The third-order valence-corrected chi connectivity index (χ3v) is 5.89. The Labute approximate surface area is 135 Å². The zero-order valence-corrected chi connectivity index (χ0v) is 14.7. The predicted octanol–water partition coefficient (Wildman–Crippen LogP) is 4.11. The van der Waals surface area contributed by atoms with Gasteiger partial charge >= 0.3 is 0 Å². The van der Waals surface area contributed by atoms with Crippen molar-refractivity contribution in [2.24, 2.45) is 0 Å². The molecule has 3 nitrogen and oxygen atoms in total. The van der Waals surface area contributed by atoms with Gasteiger partial charge in [-0.2, -0.15) is 0 Å². The summed E-state index contributed by atoms with van der Waals surface area (Å²) < 4.78 is 6.67. The van der Waals surface area contributed by atoms with Gasteiger partial charge in [0.25, 0.3) is 5.91 Å². The molecular weight excluding hydrogens is 547 g/mol. The predicted molar refractivity (Wildman–Crippen MR) is 90.7 cm³/mol. The van der Waals surface area contributed by atoms with Crippen molar-refractivity contribution in [3.8, 4) is 5.75 Å². The van der Waals surface area contributed by atoms with Gasteiger partial charge in [0.1, 0.15) is 5.75 Å². The lowest BCUT2D eigenvalue weighted by atomic mass is 10.3. The number of anilines is 1. The zero-order chi connectivity index (χ0) is 12.1. The van der Waals surface area contributed by atoms with Crippen molar-refractivity contribution in [2.45, 2.75) is 0 Å². The SMILES string of the molecule is COc1ccc(NC(=O)C(I)=C(I)I)cc1. The van der Waals surface area contributed by atoms with Crippen LogP contribution in [0, 0.1) is 0 Å². The Morgan fingerprint density at radius 2 is 1.75 bits per heavy atom. The van der Waals surface area contributed by atoms with Crippen LogP contribution in [-0.2, 0) is 4.79 Å². The van der Waals surface area contributed by atoms with Gasteiger partial charge in [-0.3, -0.25) is 4.79 Å². The van der Waals surface area contributed by atoms with Gasteiger partial charge in [-0.25, -0.2) is 0 Å². The van der Waals surface area contributed by atoms with Crippen LogP contribution in [0.15, 0.2) is 29.4 Å². The fourth-order valence-corrected chi connectivity index (χ4v) is 1.57. The molecule has 0 aromatic heterocycles. The molecule has 16 heavy (non-hydrogen) atoms. The Morgan fingerprint density at radius 3 is 2.19 bits per heavy atom. The summed E-state index contributed by atoms with van der Waals surface area (Å²) in [4.78, 5) is 11.7. The van der Waals surface area contributed by atoms with Crippen LogP contribution in [0.5, 0.6) is 5.75 Å². The van der Waals surface area contributed by atoms with Crippen LogP contribution < -0.4 is 10.1 Å². The minimum Gasteiger partial charge on any atom is -0.497 e. The summed E-state index contributed by atoms with van der Waals surface area (Å²) in [5.74, 6) is 0.677. The van der Waals surface area contributed by atoms with E-state index in [-0.39, 0.29) is 5.91 Å². The van der Waals surface area contributed by atoms with Crippen LogP contribution in [0.4, 0.5) is 5.69 Å². The quantitative estimate of drug-likeness (QED) is 0.451. The molecule has 1 rings (SSSR count). The summed E-state index contributed by atoms with van der Waals surface area (Å²) >= 11 is 6.26.